The van der Waals surface area contributed by atoms with Gasteiger partial charge in [0.2, 0.25) is 0 Å². The molecule has 0 spiro atoms. The molecule has 0 saturated carbocycles. The number of nitrogens with one attached hydrogen (secondary N) is 1. The molecule has 0 aliphatic rings. The fourth-order valence-corrected chi connectivity index (χ4v) is 3.15. The van der Waals surface area contributed by atoms with Crippen LogP contribution in [0.25, 0.3) is 17.0 Å². The van der Waals surface area contributed by atoms with E-state index >= 15 is 0 Å². The second-order valence-electron chi connectivity index (χ2n) is 7.42. The van der Waals surface area contributed by atoms with Gasteiger partial charge in [0.15, 0.2) is 0 Å². The fourth-order valence-electron chi connectivity index (χ4n) is 3.15. The highest BCUT2D eigenvalue weighted by atomic mass is 15.2. The first kappa shape index (κ1) is 17.5. The van der Waals surface area contributed by atoms with Crippen molar-refractivity contribution in [3.05, 3.63) is 48.3 Å². The van der Waals surface area contributed by atoms with Gasteiger partial charge in [-0.1, -0.05) is 32.3 Å². The summed E-state index contributed by atoms with van der Waals surface area (Å²) in [6.07, 6.45) is 8.77. The molecule has 25 heavy (non-hydrogen) atoms. The second-order valence-corrected chi connectivity index (χ2v) is 7.42. The summed E-state index contributed by atoms with van der Waals surface area (Å²) in [6.45, 7) is 8.86. The van der Waals surface area contributed by atoms with E-state index in [1.54, 1.807) is 0 Å². The van der Waals surface area contributed by atoms with E-state index < -0.39 is 0 Å². The number of pyridine rings is 2. The average molecular weight is 336 g/mol. The van der Waals surface area contributed by atoms with Gasteiger partial charge in [-0.05, 0) is 57.0 Å². The number of rotatable bonds is 7. The van der Waals surface area contributed by atoms with Crippen molar-refractivity contribution in [3.8, 4) is 11.4 Å². The maximum atomic E-state index is 4.86. The van der Waals surface area contributed by atoms with Crippen molar-refractivity contribution in [2.75, 3.05) is 5.32 Å². The lowest BCUT2D eigenvalue weighted by molar-refractivity contribution is 0.482. The smallest absolute Gasteiger partial charge is 0.140 e. The molecular weight excluding hydrogens is 308 g/mol. The predicted molar refractivity (Wildman–Crippen MR) is 105 cm³/mol. The van der Waals surface area contributed by atoms with E-state index in [0.29, 0.717) is 0 Å². The summed E-state index contributed by atoms with van der Waals surface area (Å²) < 4.78 is 2.14. The quantitative estimate of drug-likeness (QED) is 0.581. The highest BCUT2D eigenvalue weighted by Gasteiger charge is 2.23. The van der Waals surface area contributed by atoms with E-state index in [4.69, 9.17) is 4.98 Å². The molecule has 0 unspecified atom stereocenters. The Balaban J connectivity index is 2.02. The molecule has 0 saturated heterocycles. The number of aryl methyl sites for hydroxylation is 1. The van der Waals surface area contributed by atoms with Crippen molar-refractivity contribution in [1.29, 1.82) is 0 Å². The summed E-state index contributed by atoms with van der Waals surface area (Å²) in [5.41, 5.74) is 3.97. The Labute approximate surface area is 150 Å². The Morgan fingerprint density at radius 2 is 2.00 bits per heavy atom. The predicted octanol–water partition coefficient (Wildman–Crippen LogP) is 5.48. The molecule has 0 atom stereocenters. The van der Waals surface area contributed by atoms with Crippen LogP contribution < -0.4 is 5.32 Å². The number of nitrogens with zero attached hydrogens (tertiary/aromatic N) is 3. The lowest BCUT2D eigenvalue weighted by Crippen LogP contribution is -2.31. The summed E-state index contributed by atoms with van der Waals surface area (Å²) in [6, 6.07) is 10.2. The Kier molecular flexibility index (Phi) is 5.07. The molecule has 132 valence electrons. The van der Waals surface area contributed by atoms with Crippen molar-refractivity contribution in [2.24, 2.45) is 0 Å². The molecule has 3 heterocycles. The first-order valence-electron chi connectivity index (χ1n) is 9.18. The number of hydrogen-bond donors (Lipinski definition) is 1. The molecule has 0 radical (unpaired) electrons. The first-order valence-corrected chi connectivity index (χ1v) is 9.18. The standard InChI is InChI=1S/C21H28N4/c1-5-6-8-12-21(3,4)24-20-19(17-10-7-9-13-22-17)23-18-15-16(2)11-14-25(18)20/h7,9-11,13-15,24H,5-6,8,12H2,1-4H3. The van der Waals surface area contributed by atoms with E-state index in [2.05, 4.69) is 60.7 Å². The normalized spacial score (nSPS) is 11.8. The van der Waals surface area contributed by atoms with Crippen LogP contribution in [0.4, 0.5) is 5.82 Å². The lowest BCUT2D eigenvalue weighted by Gasteiger charge is -2.28. The summed E-state index contributed by atoms with van der Waals surface area (Å²) >= 11 is 0. The highest BCUT2D eigenvalue weighted by Crippen LogP contribution is 2.31. The number of unbranched alkanes of at least 4 members (excludes halogenated alkanes) is 2. The molecule has 0 amide bonds. The van der Waals surface area contributed by atoms with E-state index in [9.17, 15) is 0 Å². The van der Waals surface area contributed by atoms with Gasteiger partial charge in [-0.3, -0.25) is 9.38 Å². The minimum Gasteiger partial charge on any atom is -0.364 e. The SMILES string of the molecule is CCCCCC(C)(C)Nc1c(-c2ccccn2)nc2cc(C)ccn12. The largest absolute Gasteiger partial charge is 0.364 e. The van der Waals surface area contributed by atoms with Gasteiger partial charge in [0.25, 0.3) is 0 Å². The monoisotopic (exact) mass is 336 g/mol. The van der Waals surface area contributed by atoms with Crippen LogP contribution in [0.3, 0.4) is 0 Å². The van der Waals surface area contributed by atoms with Crippen LogP contribution in [-0.4, -0.2) is 19.9 Å². The van der Waals surface area contributed by atoms with Crippen LogP contribution >= 0.6 is 0 Å². The number of hydrogen-bond acceptors (Lipinski definition) is 3. The van der Waals surface area contributed by atoms with Gasteiger partial charge in [0, 0.05) is 17.9 Å². The van der Waals surface area contributed by atoms with Crippen molar-refractivity contribution in [3.63, 3.8) is 0 Å². The Bertz CT molecular complexity index is 834. The summed E-state index contributed by atoms with van der Waals surface area (Å²) in [5, 5.41) is 3.75. The molecule has 4 heteroatoms. The van der Waals surface area contributed by atoms with E-state index in [-0.39, 0.29) is 5.54 Å². The lowest BCUT2D eigenvalue weighted by atomic mass is 9.96. The van der Waals surface area contributed by atoms with E-state index in [1.807, 2.05) is 24.4 Å². The summed E-state index contributed by atoms with van der Waals surface area (Å²) in [4.78, 5) is 9.38. The molecule has 1 N–H and O–H groups in total. The van der Waals surface area contributed by atoms with Gasteiger partial charge in [0.1, 0.15) is 17.2 Å². The fraction of sp³-hybridized carbons (Fsp3) is 0.429. The molecule has 0 aliphatic heterocycles. The topological polar surface area (TPSA) is 42.2 Å². The highest BCUT2D eigenvalue weighted by molar-refractivity contribution is 5.75. The van der Waals surface area contributed by atoms with Crippen LogP contribution in [0, 0.1) is 6.92 Å². The molecule has 3 aromatic heterocycles. The van der Waals surface area contributed by atoms with Gasteiger partial charge in [-0.25, -0.2) is 4.98 Å². The zero-order valence-corrected chi connectivity index (χ0v) is 15.7. The Morgan fingerprint density at radius 3 is 2.72 bits per heavy atom. The van der Waals surface area contributed by atoms with Crippen LogP contribution in [0.15, 0.2) is 42.7 Å². The number of anilines is 1. The van der Waals surface area contributed by atoms with Crippen molar-refractivity contribution in [2.45, 2.75) is 58.9 Å². The Hall–Kier alpha value is -2.36. The molecule has 3 aromatic rings. The van der Waals surface area contributed by atoms with E-state index in [1.165, 1.54) is 24.8 Å². The van der Waals surface area contributed by atoms with Gasteiger partial charge in [-0.2, -0.15) is 0 Å². The minimum atomic E-state index is -0.000447. The summed E-state index contributed by atoms with van der Waals surface area (Å²) in [7, 11) is 0. The average Bonchev–Trinajstić information content (AvgIpc) is 2.92. The third kappa shape index (κ3) is 4.01. The van der Waals surface area contributed by atoms with Crippen LogP contribution in [-0.2, 0) is 0 Å². The van der Waals surface area contributed by atoms with Crippen LogP contribution in [0.5, 0.6) is 0 Å². The van der Waals surface area contributed by atoms with Crippen LogP contribution in [0.1, 0.15) is 52.0 Å². The molecular formula is C21H28N4. The first-order chi connectivity index (χ1) is 12.0. The maximum absolute atomic E-state index is 4.86. The van der Waals surface area contributed by atoms with Crippen molar-refractivity contribution < 1.29 is 0 Å². The Morgan fingerprint density at radius 1 is 1.16 bits per heavy atom. The van der Waals surface area contributed by atoms with Gasteiger partial charge in [0.05, 0.1) is 5.69 Å². The molecule has 0 aliphatic carbocycles. The molecule has 0 aromatic carbocycles. The molecule has 0 bridgehead atoms. The summed E-state index contributed by atoms with van der Waals surface area (Å²) in [5.74, 6) is 1.02. The van der Waals surface area contributed by atoms with E-state index in [0.717, 1.165) is 29.3 Å². The number of aromatic nitrogens is 3. The zero-order chi connectivity index (χ0) is 17.9. The third-order valence-corrected chi connectivity index (χ3v) is 4.55. The third-order valence-electron chi connectivity index (χ3n) is 4.55. The van der Waals surface area contributed by atoms with Gasteiger partial charge < -0.3 is 5.32 Å². The van der Waals surface area contributed by atoms with Crippen molar-refractivity contribution >= 4 is 11.5 Å². The van der Waals surface area contributed by atoms with Gasteiger partial charge in [-0.15, -0.1) is 0 Å². The van der Waals surface area contributed by atoms with Crippen LogP contribution in [0.2, 0.25) is 0 Å². The number of fused-ring (bicyclic) bond motifs is 1. The molecule has 4 nitrogen and oxygen atoms in total. The second kappa shape index (κ2) is 7.26. The molecule has 3 rings (SSSR count). The number of imidazole rings is 1. The van der Waals surface area contributed by atoms with Crippen molar-refractivity contribution in [1.82, 2.24) is 14.4 Å². The maximum Gasteiger partial charge on any atom is 0.140 e. The molecule has 0 fully saturated rings. The zero-order valence-electron chi connectivity index (χ0n) is 15.7. The van der Waals surface area contributed by atoms with Gasteiger partial charge >= 0.3 is 0 Å². The minimum absolute atomic E-state index is 0.000447.